The third-order valence-electron chi connectivity index (χ3n) is 5.27. The van der Waals surface area contributed by atoms with Gasteiger partial charge in [0.15, 0.2) is 0 Å². The Bertz CT molecular complexity index is 838. The summed E-state index contributed by atoms with van der Waals surface area (Å²) in [6, 6.07) is 5.63. The van der Waals surface area contributed by atoms with Gasteiger partial charge in [0, 0.05) is 54.9 Å². The van der Waals surface area contributed by atoms with Crippen LogP contribution in [0.2, 0.25) is 10.0 Å². The highest BCUT2D eigenvalue weighted by molar-refractivity contribution is 6.34. The molecule has 0 amide bonds. The Morgan fingerprint density at radius 2 is 1.74 bits per heavy atom. The van der Waals surface area contributed by atoms with Gasteiger partial charge in [-0.2, -0.15) is 0 Å². The van der Waals surface area contributed by atoms with Crippen molar-refractivity contribution >= 4 is 23.2 Å². The topological polar surface area (TPSA) is 53.5 Å². The van der Waals surface area contributed by atoms with Gasteiger partial charge in [0.2, 0.25) is 0 Å². The van der Waals surface area contributed by atoms with Crippen LogP contribution in [-0.4, -0.2) is 59.0 Å². The lowest BCUT2D eigenvalue weighted by molar-refractivity contribution is 0.0358. The van der Waals surface area contributed by atoms with Crippen LogP contribution in [0.15, 0.2) is 23.0 Å². The lowest BCUT2D eigenvalue weighted by Crippen LogP contribution is -2.39. The minimum Gasteiger partial charge on any atom is -0.379 e. The number of hydrogen-bond donors (Lipinski definition) is 1. The number of fused-ring (bicyclic) bond motifs is 1. The maximum Gasteiger partial charge on any atom is 0.270 e. The summed E-state index contributed by atoms with van der Waals surface area (Å²) in [6.45, 7) is 7.34. The Kier molecular flexibility index (Phi) is 5.90. The zero-order valence-corrected chi connectivity index (χ0v) is 16.7. The summed E-state index contributed by atoms with van der Waals surface area (Å²) in [5.74, 6) is 0. The smallest absolute Gasteiger partial charge is 0.270 e. The molecule has 146 valence electrons. The second-order valence-electron chi connectivity index (χ2n) is 7.22. The molecule has 0 saturated carbocycles. The molecule has 8 heteroatoms. The highest BCUT2D eigenvalue weighted by Gasteiger charge is 2.23. The zero-order chi connectivity index (χ0) is 18.8. The largest absolute Gasteiger partial charge is 0.379 e. The van der Waals surface area contributed by atoms with Gasteiger partial charge in [-0.15, -0.1) is 0 Å². The number of H-pyrrole nitrogens is 1. The van der Waals surface area contributed by atoms with Crippen LogP contribution in [0.25, 0.3) is 0 Å². The van der Waals surface area contributed by atoms with E-state index in [-0.39, 0.29) is 5.56 Å². The van der Waals surface area contributed by atoms with E-state index in [2.05, 4.69) is 14.9 Å². The molecule has 1 aromatic heterocycles. The van der Waals surface area contributed by atoms with Crippen molar-refractivity contribution in [3.05, 3.63) is 55.4 Å². The molecule has 4 rings (SSSR count). The number of rotatable bonds is 5. The first-order chi connectivity index (χ1) is 13.1. The Morgan fingerprint density at radius 3 is 2.48 bits per heavy atom. The molecule has 2 aromatic rings. The second kappa shape index (κ2) is 8.37. The van der Waals surface area contributed by atoms with E-state index in [0.717, 1.165) is 75.7 Å². The molecule has 6 nitrogen and oxygen atoms in total. The van der Waals surface area contributed by atoms with E-state index >= 15 is 0 Å². The van der Waals surface area contributed by atoms with E-state index in [1.54, 1.807) is 10.7 Å². The first kappa shape index (κ1) is 19.0. The summed E-state index contributed by atoms with van der Waals surface area (Å²) < 4.78 is 7.14. The van der Waals surface area contributed by atoms with Crippen molar-refractivity contribution in [2.75, 3.05) is 39.4 Å². The van der Waals surface area contributed by atoms with Gasteiger partial charge in [-0.25, -0.2) is 0 Å². The maximum atomic E-state index is 12.7. The van der Waals surface area contributed by atoms with Crippen LogP contribution >= 0.6 is 23.2 Å². The third kappa shape index (κ3) is 4.58. The third-order valence-corrected chi connectivity index (χ3v) is 5.71. The number of morpholine rings is 1. The summed E-state index contributed by atoms with van der Waals surface area (Å²) in [5.41, 5.74) is 3.17. The van der Waals surface area contributed by atoms with E-state index in [1.165, 1.54) is 0 Å². The van der Waals surface area contributed by atoms with Crippen LogP contribution in [-0.2, 0) is 30.8 Å². The first-order valence-corrected chi connectivity index (χ1v) is 10.1. The molecule has 0 bridgehead atoms. The number of nitrogens with one attached hydrogen (secondary N) is 1. The number of hydrogen-bond acceptors (Lipinski definition) is 4. The summed E-state index contributed by atoms with van der Waals surface area (Å²) in [7, 11) is 0. The molecule has 0 atom stereocenters. The van der Waals surface area contributed by atoms with Gasteiger partial charge < -0.3 is 4.74 Å². The summed E-state index contributed by atoms with van der Waals surface area (Å²) >= 11 is 12.2. The van der Waals surface area contributed by atoms with E-state index in [1.807, 2.05) is 12.1 Å². The molecule has 0 aliphatic carbocycles. The van der Waals surface area contributed by atoms with Crippen molar-refractivity contribution in [2.45, 2.75) is 26.1 Å². The fourth-order valence-electron chi connectivity index (χ4n) is 3.85. The second-order valence-corrected chi connectivity index (χ2v) is 8.09. The number of ether oxygens (including phenoxy) is 1. The van der Waals surface area contributed by atoms with Crippen LogP contribution in [0.3, 0.4) is 0 Å². The van der Waals surface area contributed by atoms with E-state index in [4.69, 9.17) is 27.9 Å². The number of benzene rings is 1. The molecule has 0 unspecified atom stereocenters. The molecule has 1 N–H and O–H groups in total. The van der Waals surface area contributed by atoms with Crippen LogP contribution in [0, 0.1) is 0 Å². The summed E-state index contributed by atoms with van der Waals surface area (Å²) in [5, 5.41) is 4.63. The maximum absolute atomic E-state index is 12.7. The SMILES string of the molecule is O=c1c2c([nH]n1CCN1CCOCC1)CN(Cc1cc(Cl)cc(Cl)c1)CC2. The van der Waals surface area contributed by atoms with Crippen molar-refractivity contribution in [2.24, 2.45) is 0 Å². The molecule has 2 aliphatic rings. The lowest BCUT2D eigenvalue weighted by Gasteiger charge is -2.26. The van der Waals surface area contributed by atoms with Gasteiger partial charge >= 0.3 is 0 Å². The molecule has 1 saturated heterocycles. The van der Waals surface area contributed by atoms with E-state index in [0.29, 0.717) is 16.6 Å². The molecule has 1 aromatic carbocycles. The number of aromatic nitrogens is 2. The van der Waals surface area contributed by atoms with E-state index < -0.39 is 0 Å². The Morgan fingerprint density at radius 1 is 1.00 bits per heavy atom. The van der Waals surface area contributed by atoms with Gasteiger partial charge in [-0.1, -0.05) is 23.2 Å². The average molecular weight is 411 g/mol. The van der Waals surface area contributed by atoms with Gasteiger partial charge in [-0.3, -0.25) is 24.4 Å². The fourth-order valence-corrected chi connectivity index (χ4v) is 4.42. The monoisotopic (exact) mass is 410 g/mol. The molecule has 27 heavy (non-hydrogen) atoms. The Hall–Kier alpha value is -1.31. The van der Waals surface area contributed by atoms with Crippen LogP contribution in [0.5, 0.6) is 0 Å². The number of aromatic amines is 1. The zero-order valence-electron chi connectivity index (χ0n) is 15.2. The Labute approximate surface area is 168 Å². The standard InChI is InChI=1S/C19H24Cl2N4O2/c20-15-9-14(10-16(21)11-15)12-24-2-1-17-18(13-24)22-25(19(17)26)4-3-23-5-7-27-8-6-23/h9-11,22H,1-8,12-13H2. The quantitative estimate of drug-likeness (QED) is 0.821. The average Bonchev–Trinajstić information content (AvgIpc) is 2.95. The van der Waals surface area contributed by atoms with Crippen molar-refractivity contribution < 1.29 is 4.74 Å². The molecule has 0 radical (unpaired) electrons. The van der Waals surface area contributed by atoms with Crippen LogP contribution < -0.4 is 5.56 Å². The number of halogens is 2. The van der Waals surface area contributed by atoms with Gasteiger partial charge in [0.05, 0.1) is 25.5 Å². The Balaban J connectivity index is 1.41. The summed E-state index contributed by atoms with van der Waals surface area (Å²) in [4.78, 5) is 17.3. The predicted molar refractivity (Wildman–Crippen MR) is 107 cm³/mol. The first-order valence-electron chi connectivity index (χ1n) is 9.36. The normalized spacial score (nSPS) is 18.6. The molecular weight excluding hydrogens is 387 g/mol. The van der Waals surface area contributed by atoms with E-state index in [9.17, 15) is 4.79 Å². The van der Waals surface area contributed by atoms with Gasteiger partial charge in [0.1, 0.15) is 0 Å². The minimum atomic E-state index is 0.128. The molecule has 1 fully saturated rings. The highest BCUT2D eigenvalue weighted by Crippen LogP contribution is 2.22. The van der Waals surface area contributed by atoms with Crippen molar-refractivity contribution in [1.82, 2.24) is 19.6 Å². The van der Waals surface area contributed by atoms with Crippen molar-refractivity contribution in [3.63, 3.8) is 0 Å². The van der Waals surface area contributed by atoms with Crippen LogP contribution in [0.4, 0.5) is 0 Å². The van der Waals surface area contributed by atoms with Crippen LogP contribution in [0.1, 0.15) is 16.8 Å². The van der Waals surface area contributed by atoms with Gasteiger partial charge in [0.25, 0.3) is 5.56 Å². The minimum absolute atomic E-state index is 0.128. The molecule has 3 heterocycles. The molecular formula is C19H24Cl2N4O2. The van der Waals surface area contributed by atoms with Crippen molar-refractivity contribution in [1.29, 1.82) is 0 Å². The number of nitrogens with zero attached hydrogens (tertiary/aromatic N) is 3. The molecule has 2 aliphatic heterocycles. The van der Waals surface area contributed by atoms with Crippen molar-refractivity contribution in [3.8, 4) is 0 Å². The molecule has 0 spiro atoms. The predicted octanol–water partition coefficient (Wildman–Crippen LogP) is 2.37. The fraction of sp³-hybridized carbons (Fsp3) is 0.526. The highest BCUT2D eigenvalue weighted by atomic mass is 35.5. The van der Waals surface area contributed by atoms with Gasteiger partial charge in [-0.05, 0) is 30.2 Å². The lowest BCUT2D eigenvalue weighted by atomic mass is 10.1. The summed E-state index contributed by atoms with van der Waals surface area (Å²) in [6.07, 6.45) is 0.767.